The smallest absolute Gasteiger partial charge is 0.318 e. The molecule has 0 saturated carbocycles. The van der Waals surface area contributed by atoms with Gasteiger partial charge in [-0.05, 0) is 38.8 Å². The Labute approximate surface area is 184 Å². The second-order valence-electron chi connectivity index (χ2n) is 8.29. The number of likely N-dealkylation sites (N-methyl/N-ethyl adjacent to an activating group) is 2. The van der Waals surface area contributed by atoms with Gasteiger partial charge in [-0.25, -0.2) is 14.2 Å². The summed E-state index contributed by atoms with van der Waals surface area (Å²) >= 11 is 0. The summed E-state index contributed by atoms with van der Waals surface area (Å²) in [5.41, 5.74) is 1.44. The van der Waals surface area contributed by atoms with E-state index in [2.05, 4.69) is 27.1 Å². The standard InChI is InChI=1S/C23H33FN6O/c1-27(2)10-13-30(18-20-6-4-5-7-21(20)24)23(31)26-17-19-8-9-22(25-16-19)29-14-11-28(3)12-15-29/h4-9,16H,10-15,17-18H2,1-3H3,(H,26,31). The molecule has 31 heavy (non-hydrogen) atoms. The average molecular weight is 429 g/mol. The Morgan fingerprint density at radius 1 is 1.10 bits per heavy atom. The van der Waals surface area contributed by atoms with Crippen molar-refractivity contribution in [3.05, 3.63) is 59.5 Å². The van der Waals surface area contributed by atoms with E-state index in [-0.39, 0.29) is 18.4 Å². The van der Waals surface area contributed by atoms with Crippen molar-refractivity contribution < 1.29 is 9.18 Å². The first-order valence-electron chi connectivity index (χ1n) is 10.7. The van der Waals surface area contributed by atoms with Crippen molar-refractivity contribution in [3.8, 4) is 0 Å². The van der Waals surface area contributed by atoms with Gasteiger partial charge < -0.3 is 24.9 Å². The van der Waals surface area contributed by atoms with Gasteiger partial charge in [-0.15, -0.1) is 0 Å². The van der Waals surface area contributed by atoms with Gasteiger partial charge in [-0.3, -0.25) is 0 Å². The number of nitrogens with one attached hydrogen (secondary N) is 1. The van der Waals surface area contributed by atoms with E-state index in [1.807, 2.05) is 37.3 Å². The van der Waals surface area contributed by atoms with Gasteiger partial charge >= 0.3 is 6.03 Å². The number of hydrogen-bond donors (Lipinski definition) is 1. The molecular formula is C23H33FN6O. The van der Waals surface area contributed by atoms with Gasteiger partial charge in [0.15, 0.2) is 0 Å². The molecule has 1 aromatic heterocycles. The molecule has 1 aliphatic rings. The lowest BCUT2D eigenvalue weighted by Gasteiger charge is -2.33. The molecule has 2 amide bonds. The number of carbonyl (C=O) groups is 1. The molecule has 0 unspecified atom stereocenters. The quantitative estimate of drug-likeness (QED) is 0.699. The zero-order valence-corrected chi connectivity index (χ0v) is 18.7. The largest absolute Gasteiger partial charge is 0.354 e. The van der Waals surface area contributed by atoms with Gasteiger partial charge in [0.25, 0.3) is 0 Å². The van der Waals surface area contributed by atoms with Crippen LogP contribution in [0.2, 0.25) is 0 Å². The van der Waals surface area contributed by atoms with E-state index in [9.17, 15) is 9.18 Å². The molecule has 7 nitrogen and oxygen atoms in total. The first kappa shape index (κ1) is 23.0. The fourth-order valence-electron chi connectivity index (χ4n) is 3.44. The summed E-state index contributed by atoms with van der Waals surface area (Å²) in [4.78, 5) is 25.6. The molecule has 0 bridgehead atoms. The van der Waals surface area contributed by atoms with Crippen LogP contribution in [-0.2, 0) is 13.1 Å². The van der Waals surface area contributed by atoms with Crippen molar-refractivity contribution in [2.24, 2.45) is 0 Å². The molecule has 1 N–H and O–H groups in total. The number of carbonyl (C=O) groups excluding carboxylic acids is 1. The maximum absolute atomic E-state index is 14.1. The van der Waals surface area contributed by atoms with Crippen molar-refractivity contribution >= 4 is 11.8 Å². The Kier molecular flexibility index (Phi) is 8.20. The predicted molar refractivity (Wildman–Crippen MR) is 122 cm³/mol. The lowest BCUT2D eigenvalue weighted by Crippen LogP contribution is -2.44. The van der Waals surface area contributed by atoms with E-state index in [1.54, 1.807) is 23.1 Å². The Morgan fingerprint density at radius 2 is 1.84 bits per heavy atom. The Balaban J connectivity index is 1.57. The van der Waals surface area contributed by atoms with Crippen LogP contribution in [-0.4, -0.2) is 86.1 Å². The first-order valence-corrected chi connectivity index (χ1v) is 10.7. The number of pyridine rings is 1. The topological polar surface area (TPSA) is 55.0 Å². The number of amides is 2. The number of halogens is 1. The molecular weight excluding hydrogens is 395 g/mol. The van der Waals surface area contributed by atoms with Gasteiger partial charge in [-0.1, -0.05) is 24.3 Å². The van der Waals surface area contributed by atoms with Crippen molar-refractivity contribution in [2.75, 3.05) is 65.3 Å². The first-order chi connectivity index (χ1) is 14.9. The minimum Gasteiger partial charge on any atom is -0.354 e. The Morgan fingerprint density at radius 3 is 2.48 bits per heavy atom. The normalized spacial score (nSPS) is 14.7. The summed E-state index contributed by atoms with van der Waals surface area (Å²) in [5.74, 6) is 0.671. The van der Waals surface area contributed by atoms with E-state index >= 15 is 0 Å². The number of aromatic nitrogens is 1. The average Bonchev–Trinajstić information content (AvgIpc) is 2.77. The molecule has 1 saturated heterocycles. The summed E-state index contributed by atoms with van der Waals surface area (Å²) < 4.78 is 14.1. The number of nitrogens with zero attached hydrogens (tertiary/aromatic N) is 5. The molecule has 8 heteroatoms. The van der Waals surface area contributed by atoms with Crippen LogP contribution in [0.25, 0.3) is 0 Å². The van der Waals surface area contributed by atoms with E-state index in [4.69, 9.17) is 0 Å². The van der Waals surface area contributed by atoms with E-state index in [0.717, 1.165) is 37.6 Å². The monoisotopic (exact) mass is 428 g/mol. The van der Waals surface area contributed by atoms with Crippen LogP contribution < -0.4 is 10.2 Å². The van der Waals surface area contributed by atoms with Gasteiger partial charge in [0.1, 0.15) is 11.6 Å². The Bertz CT molecular complexity index is 836. The lowest BCUT2D eigenvalue weighted by atomic mass is 10.2. The Hall–Kier alpha value is -2.71. The van der Waals surface area contributed by atoms with Gasteiger partial charge in [-0.2, -0.15) is 0 Å². The number of benzene rings is 1. The maximum Gasteiger partial charge on any atom is 0.318 e. The van der Waals surface area contributed by atoms with Crippen LogP contribution in [0.15, 0.2) is 42.6 Å². The third-order valence-electron chi connectivity index (χ3n) is 5.50. The fraction of sp³-hybridized carbons (Fsp3) is 0.478. The molecule has 0 atom stereocenters. The zero-order valence-electron chi connectivity index (χ0n) is 18.7. The molecule has 1 aliphatic heterocycles. The van der Waals surface area contributed by atoms with Crippen molar-refractivity contribution in [3.63, 3.8) is 0 Å². The van der Waals surface area contributed by atoms with Gasteiger partial charge in [0.2, 0.25) is 0 Å². The van der Waals surface area contributed by atoms with E-state index in [0.29, 0.717) is 25.2 Å². The number of rotatable bonds is 8. The maximum atomic E-state index is 14.1. The number of urea groups is 1. The summed E-state index contributed by atoms with van der Waals surface area (Å²) in [6.07, 6.45) is 1.81. The third-order valence-corrected chi connectivity index (χ3v) is 5.50. The number of anilines is 1. The van der Waals surface area contributed by atoms with Gasteiger partial charge in [0.05, 0.1) is 6.54 Å². The SMILES string of the molecule is CN(C)CCN(Cc1ccccc1F)C(=O)NCc1ccc(N2CCN(C)CC2)nc1. The van der Waals surface area contributed by atoms with Crippen LogP contribution in [0.4, 0.5) is 15.0 Å². The molecule has 2 heterocycles. The van der Waals surface area contributed by atoms with E-state index in [1.165, 1.54) is 6.07 Å². The van der Waals surface area contributed by atoms with Crippen LogP contribution >= 0.6 is 0 Å². The minimum absolute atomic E-state index is 0.215. The summed E-state index contributed by atoms with van der Waals surface area (Å²) in [6, 6.07) is 10.4. The summed E-state index contributed by atoms with van der Waals surface area (Å²) in [5, 5.41) is 2.95. The predicted octanol–water partition coefficient (Wildman–Crippen LogP) is 2.25. The molecule has 3 rings (SSSR count). The minimum atomic E-state index is -0.297. The fourth-order valence-corrected chi connectivity index (χ4v) is 3.44. The molecule has 1 aromatic carbocycles. The third kappa shape index (κ3) is 6.90. The van der Waals surface area contributed by atoms with Crippen LogP contribution in [0.1, 0.15) is 11.1 Å². The zero-order chi connectivity index (χ0) is 22.2. The van der Waals surface area contributed by atoms with Crippen molar-refractivity contribution in [1.82, 2.24) is 25.0 Å². The highest BCUT2D eigenvalue weighted by Gasteiger charge is 2.17. The van der Waals surface area contributed by atoms with Crippen molar-refractivity contribution in [2.45, 2.75) is 13.1 Å². The molecule has 0 radical (unpaired) electrons. The molecule has 2 aromatic rings. The summed E-state index contributed by atoms with van der Waals surface area (Å²) in [6.45, 7) is 5.82. The van der Waals surface area contributed by atoms with Crippen molar-refractivity contribution in [1.29, 1.82) is 0 Å². The highest BCUT2D eigenvalue weighted by atomic mass is 19.1. The molecule has 168 valence electrons. The van der Waals surface area contributed by atoms with Gasteiger partial charge in [0, 0.05) is 57.6 Å². The molecule has 1 fully saturated rings. The second kappa shape index (κ2) is 11.1. The lowest BCUT2D eigenvalue weighted by molar-refractivity contribution is 0.187. The molecule has 0 spiro atoms. The van der Waals surface area contributed by atoms with Crippen LogP contribution in [0.3, 0.4) is 0 Å². The van der Waals surface area contributed by atoms with Crippen LogP contribution in [0.5, 0.6) is 0 Å². The molecule has 0 aliphatic carbocycles. The van der Waals surface area contributed by atoms with E-state index < -0.39 is 0 Å². The second-order valence-corrected chi connectivity index (χ2v) is 8.29. The summed E-state index contributed by atoms with van der Waals surface area (Å²) in [7, 11) is 6.03. The number of hydrogen-bond acceptors (Lipinski definition) is 5. The van der Waals surface area contributed by atoms with Crippen LogP contribution in [0, 0.1) is 5.82 Å². The highest BCUT2D eigenvalue weighted by molar-refractivity contribution is 5.74. The number of piperazine rings is 1. The highest BCUT2D eigenvalue weighted by Crippen LogP contribution is 2.14.